The number of non-ortho nitro benzene ring substituents is 1. The molecular weight excluding hydrogens is 472 g/mol. The SMILES string of the molecule is COc1ccc(C2C=C(c3ccccc3)Nc3nc(NC(=O)C=Cc4cccc([N+](=O)[O-])c4)nn32)cc1. The first-order valence-corrected chi connectivity index (χ1v) is 11.4. The average Bonchev–Trinajstić information content (AvgIpc) is 3.34. The van der Waals surface area contributed by atoms with Crippen LogP contribution in [0.25, 0.3) is 11.8 Å². The molecule has 0 saturated heterocycles. The van der Waals surface area contributed by atoms with E-state index in [2.05, 4.69) is 20.7 Å². The number of rotatable bonds is 7. The van der Waals surface area contributed by atoms with Gasteiger partial charge in [0.15, 0.2) is 0 Å². The number of nitrogens with one attached hydrogen (secondary N) is 2. The Bertz CT molecular complexity index is 1510. The fourth-order valence-electron chi connectivity index (χ4n) is 3.94. The van der Waals surface area contributed by atoms with Gasteiger partial charge in [0, 0.05) is 23.9 Å². The summed E-state index contributed by atoms with van der Waals surface area (Å²) in [6.07, 6.45) is 4.82. The van der Waals surface area contributed by atoms with Crippen LogP contribution in [0, 0.1) is 10.1 Å². The highest BCUT2D eigenvalue weighted by atomic mass is 16.6. The molecule has 0 spiro atoms. The van der Waals surface area contributed by atoms with E-state index in [0.29, 0.717) is 11.5 Å². The summed E-state index contributed by atoms with van der Waals surface area (Å²) in [6.45, 7) is 0. The number of anilines is 2. The van der Waals surface area contributed by atoms with Gasteiger partial charge in [0.05, 0.1) is 12.0 Å². The van der Waals surface area contributed by atoms with Crippen molar-refractivity contribution >= 4 is 35.3 Å². The zero-order valence-electron chi connectivity index (χ0n) is 19.7. The molecule has 0 saturated carbocycles. The van der Waals surface area contributed by atoms with Crippen molar-refractivity contribution in [3.63, 3.8) is 0 Å². The highest BCUT2D eigenvalue weighted by molar-refractivity contribution is 6.01. The number of hydrogen-bond donors (Lipinski definition) is 2. The van der Waals surface area contributed by atoms with Gasteiger partial charge in [0.1, 0.15) is 11.8 Å². The van der Waals surface area contributed by atoms with E-state index in [4.69, 9.17) is 4.74 Å². The van der Waals surface area contributed by atoms with Crippen LogP contribution in [-0.2, 0) is 4.79 Å². The molecule has 5 rings (SSSR count). The fourth-order valence-corrected chi connectivity index (χ4v) is 3.94. The summed E-state index contributed by atoms with van der Waals surface area (Å²) in [5, 5.41) is 21.5. The van der Waals surface area contributed by atoms with Gasteiger partial charge < -0.3 is 10.1 Å². The van der Waals surface area contributed by atoms with E-state index in [1.165, 1.54) is 24.3 Å². The summed E-state index contributed by atoms with van der Waals surface area (Å²) in [7, 11) is 1.62. The van der Waals surface area contributed by atoms with Gasteiger partial charge in [-0.2, -0.15) is 4.98 Å². The number of hydrogen-bond acceptors (Lipinski definition) is 7. The molecule has 0 radical (unpaired) electrons. The summed E-state index contributed by atoms with van der Waals surface area (Å²) >= 11 is 0. The molecule has 1 aromatic heterocycles. The topological polar surface area (TPSA) is 124 Å². The second-order valence-corrected chi connectivity index (χ2v) is 8.17. The van der Waals surface area contributed by atoms with Crippen molar-refractivity contribution in [3.8, 4) is 5.75 Å². The summed E-state index contributed by atoms with van der Waals surface area (Å²) in [5.74, 6) is 0.872. The molecule has 10 nitrogen and oxygen atoms in total. The molecule has 1 aliphatic rings. The first kappa shape index (κ1) is 23.5. The van der Waals surface area contributed by atoms with E-state index < -0.39 is 10.8 Å². The van der Waals surface area contributed by atoms with Crippen molar-refractivity contribution in [2.24, 2.45) is 0 Å². The molecule has 2 N–H and O–H groups in total. The van der Waals surface area contributed by atoms with Crippen LogP contribution in [0.5, 0.6) is 5.75 Å². The summed E-state index contributed by atoms with van der Waals surface area (Å²) in [4.78, 5) is 27.5. The van der Waals surface area contributed by atoms with Crippen LogP contribution in [0.3, 0.4) is 0 Å². The molecule has 0 fully saturated rings. The second kappa shape index (κ2) is 10.2. The number of carbonyl (C=O) groups is 1. The Labute approximate surface area is 212 Å². The van der Waals surface area contributed by atoms with Gasteiger partial charge in [-0.15, -0.1) is 5.10 Å². The standard InChI is InChI=1S/C27H22N6O4/c1-37-22-13-11-20(12-14-22)24-17-23(19-7-3-2-4-8-19)28-27-30-26(31-32(24)27)29-25(34)15-10-18-6-5-9-21(16-18)33(35)36/h2-17,24H,1H3,(H2,28,29,30,31,34). The lowest BCUT2D eigenvalue weighted by molar-refractivity contribution is -0.384. The normalized spacial score (nSPS) is 14.4. The predicted molar refractivity (Wildman–Crippen MR) is 140 cm³/mol. The van der Waals surface area contributed by atoms with E-state index in [1.807, 2.05) is 60.7 Å². The van der Waals surface area contributed by atoms with Gasteiger partial charge in [-0.25, -0.2) is 4.68 Å². The van der Waals surface area contributed by atoms with Gasteiger partial charge in [-0.05, 0) is 41.0 Å². The van der Waals surface area contributed by atoms with Crippen LogP contribution in [-0.4, -0.2) is 32.7 Å². The highest BCUT2D eigenvalue weighted by Crippen LogP contribution is 2.33. The molecule has 4 aromatic rings. The fraction of sp³-hybridized carbons (Fsp3) is 0.0741. The Morgan fingerprint density at radius 1 is 1.11 bits per heavy atom. The van der Waals surface area contributed by atoms with E-state index >= 15 is 0 Å². The van der Waals surface area contributed by atoms with E-state index in [9.17, 15) is 14.9 Å². The number of nitro groups is 1. The van der Waals surface area contributed by atoms with Crippen molar-refractivity contribution < 1.29 is 14.5 Å². The minimum Gasteiger partial charge on any atom is -0.497 e. The maximum atomic E-state index is 12.6. The van der Waals surface area contributed by atoms with Crippen LogP contribution in [0.1, 0.15) is 22.7 Å². The number of carbonyl (C=O) groups excluding carboxylic acids is 1. The Hall–Kier alpha value is -5.25. The molecule has 1 atom stereocenters. The molecular formula is C27H22N6O4. The van der Waals surface area contributed by atoms with Crippen molar-refractivity contribution in [2.75, 3.05) is 17.7 Å². The molecule has 0 aliphatic carbocycles. The monoisotopic (exact) mass is 494 g/mol. The number of benzene rings is 3. The largest absolute Gasteiger partial charge is 0.497 e. The smallest absolute Gasteiger partial charge is 0.270 e. The van der Waals surface area contributed by atoms with Crippen LogP contribution in [0.2, 0.25) is 0 Å². The number of allylic oxidation sites excluding steroid dienone is 1. The minimum absolute atomic E-state index is 0.0524. The third-order valence-electron chi connectivity index (χ3n) is 5.75. The van der Waals surface area contributed by atoms with E-state index in [1.54, 1.807) is 23.9 Å². The second-order valence-electron chi connectivity index (χ2n) is 8.17. The zero-order chi connectivity index (χ0) is 25.8. The number of amides is 1. The zero-order valence-corrected chi connectivity index (χ0v) is 19.7. The van der Waals surface area contributed by atoms with Crippen molar-refractivity contribution in [1.82, 2.24) is 14.8 Å². The van der Waals surface area contributed by atoms with E-state index in [0.717, 1.165) is 22.6 Å². The predicted octanol–water partition coefficient (Wildman–Crippen LogP) is 4.90. The molecule has 1 unspecified atom stereocenters. The van der Waals surface area contributed by atoms with E-state index in [-0.39, 0.29) is 17.7 Å². The summed E-state index contributed by atoms with van der Waals surface area (Å²) in [6, 6.07) is 23.3. The molecule has 10 heteroatoms. The van der Waals surface area contributed by atoms with Crippen molar-refractivity contribution in [2.45, 2.75) is 6.04 Å². The Kier molecular flexibility index (Phi) is 6.45. The first-order valence-electron chi connectivity index (χ1n) is 11.4. The van der Waals surface area contributed by atoms with Gasteiger partial charge >= 0.3 is 0 Å². The quantitative estimate of drug-likeness (QED) is 0.213. The molecule has 37 heavy (non-hydrogen) atoms. The lowest BCUT2D eigenvalue weighted by atomic mass is 10.0. The van der Waals surface area contributed by atoms with Gasteiger partial charge in [-0.1, -0.05) is 54.6 Å². The number of methoxy groups -OCH3 is 1. The van der Waals surface area contributed by atoms with Crippen molar-refractivity contribution in [1.29, 1.82) is 0 Å². The number of fused-ring (bicyclic) bond motifs is 1. The Morgan fingerprint density at radius 3 is 2.62 bits per heavy atom. The maximum Gasteiger partial charge on any atom is 0.270 e. The highest BCUT2D eigenvalue weighted by Gasteiger charge is 2.25. The summed E-state index contributed by atoms with van der Waals surface area (Å²) < 4.78 is 6.99. The van der Waals surface area contributed by atoms with Crippen LogP contribution in [0.4, 0.5) is 17.6 Å². The number of nitro benzene ring substituents is 1. The molecule has 2 heterocycles. The van der Waals surface area contributed by atoms with Crippen molar-refractivity contribution in [3.05, 3.63) is 118 Å². The Morgan fingerprint density at radius 2 is 1.89 bits per heavy atom. The Balaban J connectivity index is 1.41. The van der Waals surface area contributed by atoms with Gasteiger partial charge in [0.25, 0.3) is 17.5 Å². The van der Waals surface area contributed by atoms with Gasteiger partial charge in [0.2, 0.25) is 5.95 Å². The average molecular weight is 495 g/mol. The lowest BCUT2D eigenvalue weighted by Gasteiger charge is -2.24. The molecule has 1 aliphatic heterocycles. The third-order valence-corrected chi connectivity index (χ3v) is 5.75. The summed E-state index contributed by atoms with van der Waals surface area (Å²) in [5.41, 5.74) is 3.29. The first-order chi connectivity index (χ1) is 18.0. The maximum absolute atomic E-state index is 12.6. The number of nitrogens with zero attached hydrogens (tertiary/aromatic N) is 4. The lowest BCUT2D eigenvalue weighted by Crippen LogP contribution is -2.20. The third kappa shape index (κ3) is 5.22. The van der Waals surface area contributed by atoms with Crippen LogP contribution < -0.4 is 15.4 Å². The molecule has 3 aromatic carbocycles. The number of ether oxygens (including phenoxy) is 1. The molecule has 1 amide bonds. The van der Waals surface area contributed by atoms with Crippen LogP contribution in [0.15, 0.2) is 91.0 Å². The minimum atomic E-state index is -0.485. The molecule has 0 bridgehead atoms. The van der Waals surface area contributed by atoms with Crippen LogP contribution >= 0.6 is 0 Å². The number of aromatic nitrogens is 3. The van der Waals surface area contributed by atoms with Gasteiger partial charge in [-0.3, -0.25) is 20.2 Å². The molecule has 184 valence electrons.